The summed E-state index contributed by atoms with van der Waals surface area (Å²) in [5.41, 5.74) is -3.74. The highest BCUT2D eigenvalue weighted by molar-refractivity contribution is 5.18. The molecule has 1 aromatic heterocycles. The smallest absolute Gasteiger partial charge is 0.239 e. The average Bonchev–Trinajstić information content (AvgIpc) is 2.06. The van der Waals surface area contributed by atoms with E-state index in [2.05, 4.69) is 4.98 Å². The lowest BCUT2D eigenvalue weighted by atomic mass is 10.2. The molecule has 0 aromatic carbocycles. The molecule has 0 aliphatic carbocycles. The molecular weight excluding hydrogens is 231 g/mol. The Hall–Kier alpha value is -1.34. The van der Waals surface area contributed by atoms with Gasteiger partial charge in [-0.2, -0.15) is 13.2 Å². The molecule has 0 aliphatic heterocycles. The first kappa shape index (κ1) is 11.7. The molecule has 0 fully saturated rings. The minimum Gasteiger partial charge on any atom is -0.239 e. The van der Waals surface area contributed by atoms with Crippen molar-refractivity contribution in [2.75, 3.05) is 0 Å². The Morgan fingerprint density at radius 3 is 2.07 bits per heavy atom. The predicted octanol–water partition coefficient (Wildman–Crippen LogP) is 3.32. The minimum absolute atomic E-state index is 0.277. The maximum absolute atomic E-state index is 12.5. The van der Waals surface area contributed by atoms with Crippen LogP contribution >= 0.6 is 0 Å². The fourth-order valence-electron chi connectivity index (χ4n) is 0.807. The van der Waals surface area contributed by atoms with E-state index in [1.807, 2.05) is 0 Å². The molecule has 0 saturated heterocycles. The van der Waals surface area contributed by atoms with Crippen LogP contribution < -0.4 is 0 Å². The summed E-state index contributed by atoms with van der Waals surface area (Å²) in [6.45, 7) is 0. The molecule has 0 atom stereocenters. The van der Waals surface area contributed by atoms with Crippen molar-refractivity contribution in [1.82, 2.24) is 4.98 Å². The van der Waals surface area contributed by atoms with Crippen LogP contribution in [-0.2, 0) is 6.18 Å². The number of hydrogen-bond acceptors (Lipinski definition) is 1. The average molecular weight is 233 g/mol. The number of aromatic nitrogens is 1. The highest BCUT2D eigenvalue weighted by atomic mass is 19.4. The minimum atomic E-state index is -5.10. The Morgan fingerprint density at radius 2 is 1.67 bits per heavy atom. The zero-order valence-electron chi connectivity index (χ0n) is 6.75. The number of pyridine rings is 1. The van der Waals surface area contributed by atoms with Crippen molar-refractivity contribution in [3.05, 3.63) is 29.1 Å². The zero-order chi connectivity index (χ0) is 11.8. The molecule has 1 heterocycles. The first-order chi connectivity index (χ1) is 6.73. The molecular formula is C7H2F7N. The largest absolute Gasteiger partial charge is 0.433 e. The van der Waals surface area contributed by atoms with Gasteiger partial charge >= 0.3 is 6.18 Å². The monoisotopic (exact) mass is 233 g/mol. The molecule has 0 spiro atoms. The van der Waals surface area contributed by atoms with Crippen molar-refractivity contribution in [3.63, 3.8) is 0 Å². The van der Waals surface area contributed by atoms with Crippen LogP contribution in [0.2, 0.25) is 0 Å². The van der Waals surface area contributed by atoms with Gasteiger partial charge in [0.1, 0.15) is 11.4 Å². The first-order valence-electron chi connectivity index (χ1n) is 3.44. The van der Waals surface area contributed by atoms with Gasteiger partial charge in [0.25, 0.3) is 6.43 Å². The quantitative estimate of drug-likeness (QED) is 0.678. The zero-order valence-corrected chi connectivity index (χ0v) is 6.75. The predicted molar refractivity (Wildman–Crippen MR) is 34.1 cm³/mol. The van der Waals surface area contributed by atoms with Gasteiger partial charge in [-0.3, -0.25) is 0 Å². The summed E-state index contributed by atoms with van der Waals surface area (Å²) in [7, 11) is 0. The van der Waals surface area contributed by atoms with E-state index in [-0.39, 0.29) is 6.07 Å². The van der Waals surface area contributed by atoms with E-state index >= 15 is 0 Å². The topological polar surface area (TPSA) is 12.9 Å². The normalized spacial score (nSPS) is 12.3. The number of halogens is 7. The summed E-state index contributed by atoms with van der Waals surface area (Å²) in [5.74, 6) is -4.08. The fourth-order valence-corrected chi connectivity index (χ4v) is 0.807. The molecule has 1 nitrogen and oxygen atoms in total. The van der Waals surface area contributed by atoms with Gasteiger partial charge in [-0.05, 0) is 0 Å². The van der Waals surface area contributed by atoms with Gasteiger partial charge in [0.2, 0.25) is 0 Å². The lowest BCUT2D eigenvalue weighted by Gasteiger charge is -2.08. The van der Waals surface area contributed by atoms with Crippen LogP contribution in [0.15, 0.2) is 6.07 Å². The van der Waals surface area contributed by atoms with E-state index < -0.39 is 35.6 Å². The number of alkyl halides is 5. The van der Waals surface area contributed by atoms with Gasteiger partial charge in [-0.15, -0.1) is 0 Å². The summed E-state index contributed by atoms with van der Waals surface area (Å²) in [4.78, 5) is 2.31. The Morgan fingerprint density at radius 1 is 1.13 bits per heavy atom. The van der Waals surface area contributed by atoms with Gasteiger partial charge in [-0.1, -0.05) is 0 Å². The van der Waals surface area contributed by atoms with Gasteiger partial charge in [0.15, 0.2) is 11.6 Å². The summed E-state index contributed by atoms with van der Waals surface area (Å²) in [6, 6.07) is -0.277. The van der Waals surface area contributed by atoms with Crippen LogP contribution in [-0.4, -0.2) is 4.98 Å². The van der Waals surface area contributed by atoms with E-state index in [1.165, 1.54) is 0 Å². The Kier molecular flexibility index (Phi) is 2.87. The summed E-state index contributed by atoms with van der Waals surface area (Å²) in [5, 5.41) is 0. The maximum atomic E-state index is 12.5. The molecule has 0 amide bonds. The molecule has 15 heavy (non-hydrogen) atoms. The van der Waals surface area contributed by atoms with Crippen molar-refractivity contribution in [2.24, 2.45) is 0 Å². The molecule has 0 saturated carbocycles. The van der Waals surface area contributed by atoms with Crippen molar-refractivity contribution < 1.29 is 30.7 Å². The third-order valence-electron chi connectivity index (χ3n) is 1.44. The van der Waals surface area contributed by atoms with Crippen LogP contribution in [0.4, 0.5) is 30.7 Å². The molecule has 84 valence electrons. The second-order valence-electron chi connectivity index (χ2n) is 2.49. The summed E-state index contributed by atoms with van der Waals surface area (Å²) in [6.07, 6.45) is -8.71. The molecule has 1 rings (SSSR count). The van der Waals surface area contributed by atoms with Crippen molar-refractivity contribution in [1.29, 1.82) is 0 Å². The van der Waals surface area contributed by atoms with E-state index in [1.54, 1.807) is 0 Å². The number of hydrogen-bond donors (Lipinski definition) is 0. The van der Waals surface area contributed by atoms with Crippen molar-refractivity contribution in [2.45, 2.75) is 12.6 Å². The molecule has 0 radical (unpaired) electrons. The van der Waals surface area contributed by atoms with Crippen molar-refractivity contribution >= 4 is 0 Å². The van der Waals surface area contributed by atoms with Crippen LogP contribution in [0, 0.1) is 11.6 Å². The molecule has 0 bridgehead atoms. The Labute approximate surface area is 78.5 Å². The van der Waals surface area contributed by atoms with Gasteiger partial charge in [0, 0.05) is 6.07 Å². The van der Waals surface area contributed by atoms with E-state index in [0.29, 0.717) is 0 Å². The highest BCUT2D eigenvalue weighted by Gasteiger charge is 2.35. The molecule has 0 unspecified atom stereocenters. The molecule has 0 aliphatic rings. The molecule has 1 aromatic rings. The van der Waals surface area contributed by atoms with Gasteiger partial charge in [-0.25, -0.2) is 22.5 Å². The van der Waals surface area contributed by atoms with Crippen LogP contribution in [0.25, 0.3) is 0 Å². The number of nitrogens with zero attached hydrogens (tertiary/aromatic N) is 1. The summed E-state index contributed by atoms with van der Waals surface area (Å²) >= 11 is 0. The van der Waals surface area contributed by atoms with Crippen LogP contribution in [0.3, 0.4) is 0 Å². The molecule has 0 N–H and O–H groups in total. The highest BCUT2D eigenvalue weighted by Crippen LogP contribution is 2.31. The SMILES string of the molecule is Fc1cc(C(F)(F)F)nc(C(F)F)c1F. The Bertz CT molecular complexity index is 370. The summed E-state index contributed by atoms with van der Waals surface area (Å²) < 4.78 is 84.7. The van der Waals surface area contributed by atoms with Crippen LogP contribution in [0.5, 0.6) is 0 Å². The lowest BCUT2D eigenvalue weighted by Crippen LogP contribution is -2.12. The third-order valence-corrected chi connectivity index (χ3v) is 1.44. The van der Waals surface area contributed by atoms with Crippen molar-refractivity contribution in [3.8, 4) is 0 Å². The van der Waals surface area contributed by atoms with E-state index in [9.17, 15) is 30.7 Å². The van der Waals surface area contributed by atoms with Gasteiger partial charge in [0.05, 0.1) is 0 Å². The van der Waals surface area contributed by atoms with E-state index in [4.69, 9.17) is 0 Å². The second-order valence-corrected chi connectivity index (χ2v) is 2.49. The van der Waals surface area contributed by atoms with Crippen LogP contribution in [0.1, 0.15) is 17.8 Å². The van der Waals surface area contributed by atoms with Gasteiger partial charge < -0.3 is 0 Å². The Balaban J connectivity index is 3.36. The first-order valence-corrected chi connectivity index (χ1v) is 3.44. The standard InChI is InChI=1S/C7H2F7N/c8-2-1-3(7(12,13)14)15-5(4(2)9)6(10)11/h1,6H. The molecule has 8 heteroatoms. The second kappa shape index (κ2) is 3.67. The maximum Gasteiger partial charge on any atom is 0.433 e. The number of rotatable bonds is 1. The van der Waals surface area contributed by atoms with E-state index in [0.717, 1.165) is 0 Å². The third kappa shape index (κ3) is 2.37. The lowest BCUT2D eigenvalue weighted by molar-refractivity contribution is -0.141. The fraction of sp³-hybridized carbons (Fsp3) is 0.286.